The Labute approximate surface area is 182 Å². The van der Waals surface area contributed by atoms with Crippen molar-refractivity contribution in [1.82, 2.24) is 5.32 Å². The van der Waals surface area contributed by atoms with Gasteiger partial charge in [-0.05, 0) is 56.2 Å². The molecule has 0 aliphatic rings. The molecule has 0 unspecified atom stereocenters. The highest BCUT2D eigenvalue weighted by Gasteiger charge is 2.29. The topological polar surface area (TPSA) is 106 Å². The molecule has 0 aliphatic carbocycles. The van der Waals surface area contributed by atoms with Crippen molar-refractivity contribution < 1.29 is 23.9 Å². The van der Waals surface area contributed by atoms with E-state index in [-0.39, 0.29) is 5.92 Å². The van der Waals surface area contributed by atoms with Crippen LogP contribution in [-0.4, -0.2) is 36.7 Å². The maximum absolute atomic E-state index is 12.6. The van der Waals surface area contributed by atoms with E-state index in [9.17, 15) is 14.4 Å². The number of para-hydroxylation sites is 1. The molecule has 0 saturated heterocycles. The van der Waals surface area contributed by atoms with Gasteiger partial charge in [-0.2, -0.15) is 0 Å². The Hall–Kier alpha value is -3.55. The lowest BCUT2D eigenvalue weighted by molar-refractivity contribution is -0.156. The molecule has 0 saturated carbocycles. The van der Waals surface area contributed by atoms with Gasteiger partial charge >= 0.3 is 12.0 Å². The summed E-state index contributed by atoms with van der Waals surface area (Å²) in [7, 11) is 0. The number of hydrogen-bond donors (Lipinski definition) is 3. The average Bonchev–Trinajstić information content (AvgIpc) is 2.74. The summed E-state index contributed by atoms with van der Waals surface area (Å²) in [5, 5.41) is 7.95. The Bertz CT molecular complexity index is 869. The summed E-state index contributed by atoms with van der Waals surface area (Å²) >= 11 is 0. The van der Waals surface area contributed by atoms with Crippen molar-refractivity contribution in [2.45, 2.75) is 39.8 Å². The SMILES string of the molecule is CCOc1ccc(NC(=O)[C@H](C)OC(=O)[C@H](NC(=O)Nc2ccccc2)C(C)C)cc1. The van der Waals surface area contributed by atoms with Crippen molar-refractivity contribution >= 4 is 29.3 Å². The summed E-state index contributed by atoms with van der Waals surface area (Å²) < 4.78 is 10.7. The third-order valence-corrected chi connectivity index (χ3v) is 4.33. The first-order valence-corrected chi connectivity index (χ1v) is 10.2. The molecule has 3 N–H and O–H groups in total. The Morgan fingerprint density at radius 2 is 1.48 bits per heavy atom. The molecular weight excluding hydrogens is 398 g/mol. The number of ether oxygens (including phenoxy) is 2. The van der Waals surface area contributed by atoms with Crippen LogP contribution in [0.5, 0.6) is 5.75 Å². The van der Waals surface area contributed by atoms with E-state index in [1.807, 2.05) is 13.0 Å². The van der Waals surface area contributed by atoms with Crippen LogP contribution in [0.1, 0.15) is 27.7 Å². The van der Waals surface area contributed by atoms with Crippen LogP contribution in [0.2, 0.25) is 0 Å². The van der Waals surface area contributed by atoms with Gasteiger partial charge in [0.25, 0.3) is 5.91 Å². The first kappa shape index (κ1) is 23.7. The summed E-state index contributed by atoms with van der Waals surface area (Å²) in [5.74, 6) is -0.712. The van der Waals surface area contributed by atoms with Crippen LogP contribution in [-0.2, 0) is 14.3 Å². The van der Waals surface area contributed by atoms with Crippen LogP contribution in [0.25, 0.3) is 0 Å². The maximum atomic E-state index is 12.6. The van der Waals surface area contributed by atoms with Crippen LogP contribution in [0.3, 0.4) is 0 Å². The van der Waals surface area contributed by atoms with Gasteiger partial charge in [-0.25, -0.2) is 9.59 Å². The predicted octanol–water partition coefficient (Wildman–Crippen LogP) is 3.80. The third kappa shape index (κ3) is 7.65. The second-order valence-electron chi connectivity index (χ2n) is 7.21. The molecule has 0 spiro atoms. The maximum Gasteiger partial charge on any atom is 0.329 e. The minimum absolute atomic E-state index is 0.240. The second kappa shape index (κ2) is 11.6. The van der Waals surface area contributed by atoms with E-state index in [1.165, 1.54) is 6.92 Å². The van der Waals surface area contributed by atoms with E-state index < -0.39 is 30.1 Å². The fourth-order valence-corrected chi connectivity index (χ4v) is 2.67. The van der Waals surface area contributed by atoms with Gasteiger partial charge in [0.1, 0.15) is 11.8 Å². The number of anilines is 2. The van der Waals surface area contributed by atoms with Gasteiger partial charge in [-0.1, -0.05) is 32.0 Å². The first-order chi connectivity index (χ1) is 14.8. The number of esters is 1. The van der Waals surface area contributed by atoms with Gasteiger partial charge in [-0.3, -0.25) is 4.79 Å². The molecule has 2 atom stereocenters. The number of rotatable bonds is 9. The summed E-state index contributed by atoms with van der Waals surface area (Å²) in [6.07, 6.45) is -1.04. The molecule has 0 radical (unpaired) electrons. The molecule has 2 rings (SSSR count). The van der Waals surface area contributed by atoms with Crippen LogP contribution in [0, 0.1) is 5.92 Å². The molecule has 31 heavy (non-hydrogen) atoms. The number of nitrogens with one attached hydrogen (secondary N) is 3. The van der Waals surface area contributed by atoms with Crippen LogP contribution >= 0.6 is 0 Å². The van der Waals surface area contributed by atoms with E-state index in [1.54, 1.807) is 62.4 Å². The fraction of sp³-hybridized carbons (Fsp3) is 0.348. The molecule has 2 aromatic carbocycles. The highest BCUT2D eigenvalue weighted by molar-refractivity contribution is 5.96. The molecule has 166 valence electrons. The standard InChI is InChI=1S/C23H29N3O5/c1-5-30-19-13-11-18(12-14-19)24-21(27)16(4)31-22(28)20(15(2)3)26-23(29)25-17-9-7-6-8-10-17/h6-16,20H,5H2,1-4H3,(H,24,27)(H2,25,26,29)/t16-,20+/m0/s1. The smallest absolute Gasteiger partial charge is 0.329 e. The summed E-state index contributed by atoms with van der Waals surface area (Å²) in [5.41, 5.74) is 1.15. The summed E-state index contributed by atoms with van der Waals surface area (Å²) in [6, 6.07) is 14.3. The van der Waals surface area contributed by atoms with Gasteiger partial charge < -0.3 is 25.4 Å². The monoisotopic (exact) mass is 427 g/mol. The molecule has 2 aromatic rings. The number of amides is 3. The number of hydrogen-bond acceptors (Lipinski definition) is 5. The third-order valence-electron chi connectivity index (χ3n) is 4.33. The zero-order valence-electron chi connectivity index (χ0n) is 18.2. The number of carbonyl (C=O) groups excluding carboxylic acids is 3. The van der Waals surface area contributed by atoms with E-state index in [4.69, 9.17) is 9.47 Å². The van der Waals surface area contributed by atoms with Crippen molar-refractivity contribution in [2.24, 2.45) is 5.92 Å². The van der Waals surface area contributed by atoms with Gasteiger partial charge in [-0.15, -0.1) is 0 Å². The summed E-state index contributed by atoms with van der Waals surface area (Å²) in [6.45, 7) is 7.46. The molecule has 0 bridgehead atoms. The molecule has 0 fully saturated rings. The quantitative estimate of drug-likeness (QED) is 0.528. The van der Waals surface area contributed by atoms with Crippen LogP contribution < -0.4 is 20.7 Å². The fourth-order valence-electron chi connectivity index (χ4n) is 2.67. The highest BCUT2D eigenvalue weighted by atomic mass is 16.5. The van der Waals surface area contributed by atoms with E-state index >= 15 is 0 Å². The Kier molecular flexibility index (Phi) is 8.87. The van der Waals surface area contributed by atoms with Crippen molar-refractivity contribution in [3.8, 4) is 5.75 Å². The highest BCUT2D eigenvalue weighted by Crippen LogP contribution is 2.16. The molecular formula is C23H29N3O5. The van der Waals surface area contributed by atoms with Crippen molar-refractivity contribution in [2.75, 3.05) is 17.2 Å². The lowest BCUT2D eigenvalue weighted by Crippen LogP contribution is -2.48. The molecule has 0 aliphatic heterocycles. The van der Waals surface area contributed by atoms with Gasteiger partial charge in [0.15, 0.2) is 6.10 Å². The zero-order chi connectivity index (χ0) is 22.8. The number of urea groups is 1. The number of benzene rings is 2. The molecule has 3 amide bonds. The molecule has 0 heterocycles. The molecule has 8 heteroatoms. The van der Waals surface area contributed by atoms with Crippen LogP contribution in [0.4, 0.5) is 16.2 Å². The van der Waals surface area contributed by atoms with E-state index in [2.05, 4.69) is 16.0 Å². The van der Waals surface area contributed by atoms with Gasteiger partial charge in [0.2, 0.25) is 0 Å². The minimum Gasteiger partial charge on any atom is -0.494 e. The average molecular weight is 428 g/mol. The van der Waals surface area contributed by atoms with Gasteiger partial charge in [0.05, 0.1) is 6.61 Å². The second-order valence-corrected chi connectivity index (χ2v) is 7.21. The van der Waals surface area contributed by atoms with Crippen molar-refractivity contribution in [1.29, 1.82) is 0 Å². The lowest BCUT2D eigenvalue weighted by atomic mass is 10.0. The largest absolute Gasteiger partial charge is 0.494 e. The Morgan fingerprint density at radius 3 is 2.06 bits per heavy atom. The van der Waals surface area contributed by atoms with E-state index in [0.717, 1.165) is 0 Å². The minimum atomic E-state index is -1.04. The first-order valence-electron chi connectivity index (χ1n) is 10.2. The van der Waals surface area contributed by atoms with Crippen LogP contribution in [0.15, 0.2) is 54.6 Å². The lowest BCUT2D eigenvalue weighted by Gasteiger charge is -2.23. The predicted molar refractivity (Wildman–Crippen MR) is 119 cm³/mol. The zero-order valence-corrected chi connectivity index (χ0v) is 18.2. The van der Waals surface area contributed by atoms with Gasteiger partial charge in [0, 0.05) is 11.4 Å². The summed E-state index contributed by atoms with van der Waals surface area (Å²) in [4.78, 5) is 37.2. The Morgan fingerprint density at radius 1 is 0.871 bits per heavy atom. The van der Waals surface area contributed by atoms with Crippen molar-refractivity contribution in [3.63, 3.8) is 0 Å². The van der Waals surface area contributed by atoms with Crippen molar-refractivity contribution in [3.05, 3.63) is 54.6 Å². The van der Waals surface area contributed by atoms with E-state index in [0.29, 0.717) is 23.7 Å². The Balaban J connectivity index is 1.91. The normalized spacial score (nSPS) is 12.4. The molecule has 0 aromatic heterocycles. The molecule has 8 nitrogen and oxygen atoms in total. The number of carbonyl (C=O) groups is 3.